The Morgan fingerprint density at radius 3 is 3.14 bits per heavy atom. The lowest BCUT2D eigenvalue weighted by Gasteiger charge is -2.39. The molecular weight excluding hydrogens is 264 g/mol. The van der Waals surface area contributed by atoms with Crippen LogP contribution in [-0.2, 0) is 11.2 Å². The van der Waals surface area contributed by atoms with E-state index in [1.54, 1.807) is 0 Å². The molecular formula is C17H22N2O2. The van der Waals surface area contributed by atoms with E-state index in [0.29, 0.717) is 24.5 Å². The van der Waals surface area contributed by atoms with Gasteiger partial charge in [0.05, 0.1) is 5.92 Å². The first kappa shape index (κ1) is 13.1. The summed E-state index contributed by atoms with van der Waals surface area (Å²) >= 11 is 0. The standard InChI is InChI=1S/C17H22N2O2/c20-17(19-7-3-5-13-9-18-10-15(13)19)14-8-12-4-1-2-6-16(12)21-11-14/h1-2,4,6,13-15,18H,3,5,7-11H2. The van der Waals surface area contributed by atoms with Crippen LogP contribution in [0.1, 0.15) is 18.4 Å². The molecule has 1 aromatic rings. The zero-order chi connectivity index (χ0) is 14.2. The van der Waals surface area contributed by atoms with Crippen LogP contribution in [0.5, 0.6) is 5.75 Å². The van der Waals surface area contributed by atoms with Gasteiger partial charge in [0.15, 0.2) is 0 Å². The van der Waals surface area contributed by atoms with Gasteiger partial charge in [-0.2, -0.15) is 0 Å². The minimum atomic E-state index is -0.0146. The summed E-state index contributed by atoms with van der Waals surface area (Å²) in [6.07, 6.45) is 3.21. The number of nitrogens with zero attached hydrogens (tertiary/aromatic N) is 1. The zero-order valence-corrected chi connectivity index (χ0v) is 12.3. The van der Waals surface area contributed by atoms with Gasteiger partial charge in [-0.25, -0.2) is 0 Å². The van der Waals surface area contributed by atoms with Crippen LogP contribution in [0.25, 0.3) is 0 Å². The van der Waals surface area contributed by atoms with Crippen LogP contribution in [-0.4, -0.2) is 43.1 Å². The summed E-state index contributed by atoms with van der Waals surface area (Å²) in [6.45, 7) is 3.47. The Hall–Kier alpha value is -1.55. The normalized spacial score (nSPS) is 31.2. The van der Waals surface area contributed by atoms with E-state index < -0.39 is 0 Å². The van der Waals surface area contributed by atoms with E-state index in [1.807, 2.05) is 18.2 Å². The number of para-hydroxylation sites is 1. The number of rotatable bonds is 1. The summed E-state index contributed by atoms with van der Waals surface area (Å²) in [6, 6.07) is 8.48. The highest BCUT2D eigenvalue weighted by molar-refractivity contribution is 5.80. The summed E-state index contributed by atoms with van der Waals surface area (Å²) in [5, 5.41) is 3.44. The van der Waals surface area contributed by atoms with E-state index in [-0.39, 0.29) is 5.92 Å². The maximum Gasteiger partial charge on any atom is 0.229 e. The third-order valence-corrected chi connectivity index (χ3v) is 5.19. The molecule has 2 saturated heterocycles. The van der Waals surface area contributed by atoms with Crippen molar-refractivity contribution in [2.75, 3.05) is 26.2 Å². The van der Waals surface area contributed by atoms with Crippen molar-refractivity contribution in [1.82, 2.24) is 10.2 Å². The van der Waals surface area contributed by atoms with Crippen LogP contribution in [0.4, 0.5) is 0 Å². The summed E-state index contributed by atoms with van der Waals surface area (Å²) in [4.78, 5) is 15.1. The predicted octanol–water partition coefficient (Wildman–Crippen LogP) is 1.45. The van der Waals surface area contributed by atoms with Crippen LogP contribution in [0.15, 0.2) is 24.3 Å². The SMILES string of the molecule is O=C(C1COc2ccccc2C1)N1CCCC2CNCC21. The number of fused-ring (bicyclic) bond motifs is 2. The van der Waals surface area contributed by atoms with Gasteiger partial charge in [0, 0.05) is 25.7 Å². The first-order chi connectivity index (χ1) is 10.3. The van der Waals surface area contributed by atoms with E-state index in [0.717, 1.165) is 38.2 Å². The summed E-state index contributed by atoms with van der Waals surface area (Å²) in [5.41, 5.74) is 1.17. The van der Waals surface area contributed by atoms with Crippen LogP contribution < -0.4 is 10.1 Å². The second-order valence-corrected chi connectivity index (χ2v) is 6.48. The topological polar surface area (TPSA) is 41.6 Å². The highest BCUT2D eigenvalue weighted by Gasteiger charge is 2.40. The van der Waals surface area contributed by atoms with Gasteiger partial charge in [-0.3, -0.25) is 4.79 Å². The molecule has 4 heteroatoms. The van der Waals surface area contributed by atoms with Crippen molar-refractivity contribution in [3.8, 4) is 5.75 Å². The van der Waals surface area contributed by atoms with Gasteiger partial charge in [0.2, 0.25) is 5.91 Å². The number of carbonyl (C=O) groups excluding carboxylic acids is 1. The second-order valence-electron chi connectivity index (χ2n) is 6.48. The highest BCUT2D eigenvalue weighted by atomic mass is 16.5. The van der Waals surface area contributed by atoms with Crippen molar-refractivity contribution in [2.24, 2.45) is 11.8 Å². The van der Waals surface area contributed by atoms with Gasteiger partial charge in [0.1, 0.15) is 12.4 Å². The van der Waals surface area contributed by atoms with Gasteiger partial charge >= 0.3 is 0 Å². The van der Waals surface area contributed by atoms with E-state index in [2.05, 4.69) is 16.3 Å². The molecule has 3 heterocycles. The number of nitrogens with one attached hydrogen (secondary N) is 1. The summed E-state index contributed by atoms with van der Waals surface area (Å²) in [7, 11) is 0. The van der Waals surface area contributed by atoms with Gasteiger partial charge in [-0.15, -0.1) is 0 Å². The molecule has 1 amide bonds. The molecule has 0 radical (unpaired) electrons. The van der Waals surface area contributed by atoms with Crippen LogP contribution in [0, 0.1) is 11.8 Å². The van der Waals surface area contributed by atoms with Crippen LogP contribution in [0.2, 0.25) is 0 Å². The fourth-order valence-corrected chi connectivity index (χ4v) is 4.06. The molecule has 4 rings (SSSR count). The maximum absolute atomic E-state index is 12.9. The first-order valence-corrected chi connectivity index (χ1v) is 8.05. The van der Waals surface area contributed by atoms with Gasteiger partial charge in [-0.05, 0) is 36.8 Å². The van der Waals surface area contributed by atoms with E-state index in [4.69, 9.17) is 4.74 Å². The molecule has 112 valence electrons. The zero-order valence-electron chi connectivity index (χ0n) is 12.3. The molecule has 0 aromatic heterocycles. The smallest absolute Gasteiger partial charge is 0.229 e. The molecule has 4 nitrogen and oxygen atoms in total. The molecule has 0 saturated carbocycles. The molecule has 3 aliphatic heterocycles. The number of hydrogen-bond donors (Lipinski definition) is 1. The molecule has 2 fully saturated rings. The molecule has 21 heavy (non-hydrogen) atoms. The monoisotopic (exact) mass is 286 g/mol. The molecule has 0 spiro atoms. The minimum absolute atomic E-state index is 0.0146. The number of ether oxygens (including phenoxy) is 1. The third-order valence-electron chi connectivity index (χ3n) is 5.19. The predicted molar refractivity (Wildman–Crippen MR) is 80.2 cm³/mol. The molecule has 1 aromatic carbocycles. The number of likely N-dealkylation sites (tertiary alicyclic amines) is 1. The average molecular weight is 286 g/mol. The third kappa shape index (κ3) is 2.31. The van der Waals surface area contributed by atoms with E-state index in [1.165, 1.54) is 12.0 Å². The molecule has 1 N–H and O–H groups in total. The van der Waals surface area contributed by atoms with E-state index in [9.17, 15) is 4.79 Å². The number of piperidine rings is 1. The number of hydrogen-bond acceptors (Lipinski definition) is 3. The maximum atomic E-state index is 12.9. The Labute approximate surface area is 125 Å². The first-order valence-electron chi connectivity index (χ1n) is 8.05. The number of amides is 1. The summed E-state index contributed by atoms with van der Waals surface area (Å²) < 4.78 is 5.80. The van der Waals surface area contributed by atoms with Crippen molar-refractivity contribution in [2.45, 2.75) is 25.3 Å². The van der Waals surface area contributed by atoms with Crippen molar-refractivity contribution in [3.63, 3.8) is 0 Å². The highest BCUT2D eigenvalue weighted by Crippen LogP contribution is 2.31. The van der Waals surface area contributed by atoms with Crippen molar-refractivity contribution < 1.29 is 9.53 Å². The lowest BCUT2D eigenvalue weighted by Crippen LogP contribution is -2.52. The van der Waals surface area contributed by atoms with E-state index >= 15 is 0 Å². The van der Waals surface area contributed by atoms with Gasteiger partial charge in [-0.1, -0.05) is 18.2 Å². The Morgan fingerprint density at radius 2 is 2.19 bits per heavy atom. The quantitative estimate of drug-likeness (QED) is 0.849. The van der Waals surface area contributed by atoms with Crippen molar-refractivity contribution in [3.05, 3.63) is 29.8 Å². The Balaban J connectivity index is 1.50. The number of carbonyl (C=O) groups is 1. The molecule has 3 unspecified atom stereocenters. The Kier molecular flexibility index (Phi) is 3.34. The fraction of sp³-hybridized carbons (Fsp3) is 0.588. The fourth-order valence-electron chi connectivity index (χ4n) is 4.06. The molecule has 3 aliphatic rings. The largest absolute Gasteiger partial charge is 0.492 e. The molecule has 0 aliphatic carbocycles. The molecule has 0 bridgehead atoms. The van der Waals surface area contributed by atoms with Crippen LogP contribution >= 0.6 is 0 Å². The van der Waals surface area contributed by atoms with Gasteiger partial charge < -0.3 is 15.0 Å². The second kappa shape index (κ2) is 5.34. The molecule has 3 atom stereocenters. The minimum Gasteiger partial charge on any atom is -0.492 e. The van der Waals surface area contributed by atoms with Crippen molar-refractivity contribution in [1.29, 1.82) is 0 Å². The Morgan fingerprint density at radius 1 is 1.29 bits per heavy atom. The van der Waals surface area contributed by atoms with Gasteiger partial charge in [0.25, 0.3) is 0 Å². The Bertz CT molecular complexity index is 545. The summed E-state index contributed by atoms with van der Waals surface area (Å²) in [5.74, 6) is 1.88. The van der Waals surface area contributed by atoms with Crippen molar-refractivity contribution >= 4 is 5.91 Å². The lowest BCUT2D eigenvalue weighted by atomic mass is 9.89. The average Bonchev–Trinajstić information content (AvgIpc) is 3.02. The lowest BCUT2D eigenvalue weighted by molar-refractivity contribution is -0.141. The number of benzene rings is 1. The van der Waals surface area contributed by atoms with Crippen LogP contribution in [0.3, 0.4) is 0 Å².